The van der Waals surface area contributed by atoms with E-state index in [-0.39, 0.29) is 0 Å². The molecule has 2 aromatic rings. The number of alkyl halides is 3. The maximum atomic E-state index is 12.6. The molecular weight excluding hydrogens is 363 g/mol. The van der Waals surface area contributed by atoms with Gasteiger partial charge >= 0.3 is 6.18 Å². The molecule has 28 heavy (non-hydrogen) atoms. The van der Waals surface area contributed by atoms with Crippen LogP contribution in [0.1, 0.15) is 68.2 Å². The van der Waals surface area contributed by atoms with Crippen molar-refractivity contribution in [1.29, 1.82) is 0 Å². The molecule has 0 aliphatic rings. The van der Waals surface area contributed by atoms with Crippen LogP contribution in [0.2, 0.25) is 0 Å². The lowest BCUT2D eigenvalue weighted by atomic mass is 9.98. The summed E-state index contributed by atoms with van der Waals surface area (Å²) in [5.74, 6) is 0.813. The number of unbranched alkanes of at least 4 members (excludes halogenated alkanes) is 5. The van der Waals surface area contributed by atoms with Crippen molar-refractivity contribution in [2.24, 2.45) is 0 Å². The molecule has 0 aromatic heterocycles. The van der Waals surface area contributed by atoms with E-state index in [0.717, 1.165) is 29.9 Å². The fraction of sp³-hybridized carbons (Fsp3) is 0.478. The van der Waals surface area contributed by atoms with Crippen molar-refractivity contribution in [3.8, 4) is 5.75 Å². The number of halogens is 3. The lowest BCUT2D eigenvalue weighted by Gasteiger charge is -2.13. The highest BCUT2D eigenvalue weighted by Gasteiger charge is 2.30. The van der Waals surface area contributed by atoms with Crippen molar-refractivity contribution in [2.45, 2.75) is 64.1 Å². The minimum Gasteiger partial charge on any atom is -0.494 e. The van der Waals surface area contributed by atoms with Crippen molar-refractivity contribution in [3.05, 3.63) is 65.2 Å². The predicted octanol–water partition coefficient (Wildman–Crippen LogP) is 7.01. The van der Waals surface area contributed by atoms with Gasteiger partial charge in [0, 0.05) is 0 Å². The first-order chi connectivity index (χ1) is 13.4. The molecule has 1 unspecified atom stereocenters. The third-order valence-electron chi connectivity index (χ3n) is 4.77. The number of nitrogens with one attached hydrogen (secondary N) is 1. The molecule has 0 amide bonds. The molecule has 2 rings (SSSR count). The van der Waals surface area contributed by atoms with Gasteiger partial charge in [-0.05, 0) is 48.2 Å². The van der Waals surface area contributed by atoms with Gasteiger partial charge in [-0.3, -0.25) is 0 Å². The Hall–Kier alpha value is -2.01. The fourth-order valence-corrected chi connectivity index (χ4v) is 3.05. The highest BCUT2D eigenvalue weighted by molar-refractivity contribution is 5.31. The quantitative estimate of drug-likeness (QED) is 0.379. The molecule has 0 saturated heterocycles. The maximum Gasteiger partial charge on any atom is 0.416 e. The van der Waals surface area contributed by atoms with Crippen LogP contribution < -0.4 is 10.5 Å². The predicted molar refractivity (Wildman–Crippen MR) is 106 cm³/mol. The van der Waals surface area contributed by atoms with Crippen LogP contribution in [-0.4, -0.2) is 6.61 Å². The average molecular weight is 392 g/mol. The molecule has 5 heteroatoms. The summed E-state index contributed by atoms with van der Waals surface area (Å²) in [6.45, 7) is 2.91. The Morgan fingerprint density at radius 2 is 1.46 bits per heavy atom. The van der Waals surface area contributed by atoms with Crippen LogP contribution in [0.4, 0.5) is 13.2 Å². The summed E-state index contributed by atoms with van der Waals surface area (Å²) in [4.78, 5) is 0. The summed E-state index contributed by atoms with van der Waals surface area (Å²) in [6, 6.07) is 11.9. The van der Waals surface area contributed by atoms with E-state index in [1.54, 1.807) is 0 Å². The molecule has 0 aliphatic heterocycles. The second kappa shape index (κ2) is 11.1. The molecule has 1 atom stereocenters. The van der Waals surface area contributed by atoms with E-state index in [9.17, 15) is 13.2 Å². The summed E-state index contributed by atoms with van der Waals surface area (Å²) < 4.78 is 43.6. The standard InChI is InChI=1S/C23H29F3NO/c1-2-3-4-5-6-7-16-28-21-14-8-18(9-15-21)17-22(27)19-10-12-20(13-11-19)23(24,25)26/h8-15,22,27H,2-7,16-17H2,1H3. The van der Waals surface area contributed by atoms with Crippen molar-refractivity contribution in [2.75, 3.05) is 6.61 Å². The third kappa shape index (κ3) is 7.55. The van der Waals surface area contributed by atoms with Gasteiger partial charge in [0.25, 0.3) is 0 Å². The van der Waals surface area contributed by atoms with Gasteiger partial charge in [0.15, 0.2) is 0 Å². The number of hydrogen-bond acceptors (Lipinski definition) is 1. The van der Waals surface area contributed by atoms with E-state index >= 15 is 0 Å². The molecule has 153 valence electrons. The average Bonchev–Trinajstić information content (AvgIpc) is 2.68. The molecule has 1 N–H and O–H groups in total. The molecule has 0 aliphatic carbocycles. The topological polar surface area (TPSA) is 33.0 Å². The second-order valence-corrected chi connectivity index (χ2v) is 7.14. The van der Waals surface area contributed by atoms with Crippen molar-refractivity contribution in [3.63, 3.8) is 0 Å². The maximum absolute atomic E-state index is 12.6. The van der Waals surface area contributed by atoms with Crippen LogP contribution in [0.15, 0.2) is 48.5 Å². The van der Waals surface area contributed by atoms with Crippen molar-refractivity contribution < 1.29 is 17.9 Å². The summed E-state index contributed by atoms with van der Waals surface area (Å²) in [6.07, 6.45) is 3.43. The van der Waals surface area contributed by atoms with Gasteiger partial charge < -0.3 is 4.74 Å². The van der Waals surface area contributed by atoms with Crippen LogP contribution in [0.3, 0.4) is 0 Å². The fourth-order valence-electron chi connectivity index (χ4n) is 3.05. The summed E-state index contributed by atoms with van der Waals surface area (Å²) in [5.41, 5.74) is 9.08. The Kier molecular flexibility index (Phi) is 8.84. The Morgan fingerprint density at radius 1 is 0.857 bits per heavy atom. The second-order valence-electron chi connectivity index (χ2n) is 7.14. The smallest absolute Gasteiger partial charge is 0.416 e. The number of hydrogen-bond donors (Lipinski definition) is 0. The zero-order valence-corrected chi connectivity index (χ0v) is 16.4. The Morgan fingerprint density at radius 3 is 2.07 bits per heavy atom. The van der Waals surface area contributed by atoms with Crippen LogP contribution in [-0.2, 0) is 12.6 Å². The molecule has 0 spiro atoms. The molecule has 0 fully saturated rings. The molecule has 2 nitrogen and oxygen atoms in total. The van der Waals surface area contributed by atoms with E-state index < -0.39 is 17.8 Å². The van der Waals surface area contributed by atoms with E-state index in [1.807, 2.05) is 24.3 Å². The number of rotatable bonds is 11. The molecule has 0 saturated carbocycles. The van der Waals surface area contributed by atoms with Crippen LogP contribution in [0.25, 0.3) is 0 Å². The lowest BCUT2D eigenvalue weighted by molar-refractivity contribution is -0.137. The summed E-state index contributed by atoms with van der Waals surface area (Å²) in [5, 5.41) is 0. The minimum atomic E-state index is -4.35. The van der Waals surface area contributed by atoms with Gasteiger partial charge in [-0.1, -0.05) is 63.3 Å². The van der Waals surface area contributed by atoms with Gasteiger partial charge in [-0.2, -0.15) is 13.2 Å². The van der Waals surface area contributed by atoms with Crippen LogP contribution in [0.5, 0.6) is 5.75 Å². The number of benzene rings is 2. The highest BCUT2D eigenvalue weighted by atomic mass is 19.4. The van der Waals surface area contributed by atoms with E-state index in [2.05, 4.69) is 6.92 Å². The van der Waals surface area contributed by atoms with E-state index in [4.69, 9.17) is 10.5 Å². The molecular formula is C23H29F3NO. The van der Waals surface area contributed by atoms with Gasteiger partial charge in [0.05, 0.1) is 18.2 Å². The zero-order chi connectivity index (χ0) is 20.4. The van der Waals surface area contributed by atoms with Gasteiger partial charge in [0.1, 0.15) is 5.75 Å². The first-order valence-electron chi connectivity index (χ1n) is 10.00. The first kappa shape index (κ1) is 22.3. The Labute approximate surface area is 165 Å². The first-order valence-corrected chi connectivity index (χ1v) is 10.00. The molecule has 1 radical (unpaired) electrons. The van der Waals surface area contributed by atoms with Crippen LogP contribution in [0, 0.1) is 0 Å². The lowest BCUT2D eigenvalue weighted by Crippen LogP contribution is -2.07. The van der Waals surface area contributed by atoms with Crippen LogP contribution >= 0.6 is 0 Å². The SMILES string of the molecule is CCCCCCCCOc1ccc(CC([NH])c2ccc(C(F)(F)F)cc2)cc1. The highest BCUT2D eigenvalue weighted by Crippen LogP contribution is 2.30. The monoisotopic (exact) mass is 392 g/mol. The van der Waals surface area contributed by atoms with Gasteiger partial charge in [-0.15, -0.1) is 0 Å². The normalized spacial score (nSPS) is 12.8. The minimum absolute atomic E-state index is 0.447. The zero-order valence-electron chi connectivity index (χ0n) is 16.4. The Balaban J connectivity index is 1.77. The summed E-state index contributed by atoms with van der Waals surface area (Å²) >= 11 is 0. The van der Waals surface area contributed by atoms with E-state index in [0.29, 0.717) is 18.6 Å². The molecule has 2 aromatic carbocycles. The summed E-state index contributed by atoms with van der Waals surface area (Å²) in [7, 11) is 0. The van der Waals surface area contributed by atoms with Crippen molar-refractivity contribution in [1.82, 2.24) is 5.73 Å². The Bertz CT molecular complexity index is 680. The molecule has 0 bridgehead atoms. The van der Waals surface area contributed by atoms with Gasteiger partial charge in [0.2, 0.25) is 0 Å². The number of ether oxygens (including phenoxy) is 1. The van der Waals surface area contributed by atoms with Gasteiger partial charge in [-0.25, -0.2) is 5.73 Å². The van der Waals surface area contributed by atoms with E-state index in [1.165, 1.54) is 44.2 Å². The third-order valence-corrected chi connectivity index (χ3v) is 4.77. The van der Waals surface area contributed by atoms with Crippen molar-refractivity contribution >= 4 is 0 Å². The largest absolute Gasteiger partial charge is 0.494 e. The molecule has 0 heterocycles.